The third kappa shape index (κ3) is 3.45. The Morgan fingerprint density at radius 1 is 1.50 bits per heavy atom. The number of aryl methyl sites for hydroxylation is 1. The Morgan fingerprint density at radius 2 is 2.25 bits per heavy atom. The highest BCUT2D eigenvalue weighted by molar-refractivity contribution is 6.06. The van der Waals surface area contributed by atoms with E-state index in [0.29, 0.717) is 24.9 Å². The summed E-state index contributed by atoms with van der Waals surface area (Å²) in [4.78, 5) is 22.7. The topological polar surface area (TPSA) is 96.2 Å². The summed E-state index contributed by atoms with van der Waals surface area (Å²) in [6, 6.07) is 0. The van der Waals surface area contributed by atoms with Gasteiger partial charge in [0.1, 0.15) is 11.4 Å². The van der Waals surface area contributed by atoms with E-state index < -0.39 is 0 Å². The fourth-order valence-corrected chi connectivity index (χ4v) is 2.21. The number of aromatic hydroxyl groups is 1. The molecule has 0 bridgehead atoms. The molecule has 126 valence electrons. The fraction of sp³-hybridized carbons (Fsp3) is 0.235. The Kier molecular flexibility index (Phi) is 5.36. The molecule has 0 amide bonds. The average Bonchev–Trinajstić information content (AvgIpc) is 2.84. The van der Waals surface area contributed by atoms with E-state index in [9.17, 15) is 14.7 Å². The van der Waals surface area contributed by atoms with E-state index in [1.54, 1.807) is 6.08 Å². The minimum Gasteiger partial charge on any atom is -0.503 e. The summed E-state index contributed by atoms with van der Waals surface area (Å²) in [6.45, 7) is 6.11. The van der Waals surface area contributed by atoms with Crippen LogP contribution in [0.2, 0.25) is 0 Å². The van der Waals surface area contributed by atoms with Gasteiger partial charge in [-0.2, -0.15) is 5.10 Å². The third-order valence-electron chi connectivity index (χ3n) is 3.66. The summed E-state index contributed by atoms with van der Waals surface area (Å²) in [7, 11) is 1.54. The van der Waals surface area contributed by atoms with Crippen molar-refractivity contribution in [2.24, 2.45) is 7.05 Å². The lowest BCUT2D eigenvalue weighted by Crippen LogP contribution is -2.33. The van der Waals surface area contributed by atoms with Gasteiger partial charge in [0.25, 0.3) is 0 Å². The van der Waals surface area contributed by atoms with Crippen LogP contribution in [0.1, 0.15) is 23.8 Å². The van der Waals surface area contributed by atoms with Gasteiger partial charge in [-0.15, -0.1) is 0 Å². The maximum absolute atomic E-state index is 11.8. The molecule has 0 aromatic carbocycles. The van der Waals surface area contributed by atoms with E-state index in [4.69, 9.17) is 0 Å². The molecule has 7 nitrogen and oxygen atoms in total. The number of hydrogen-bond acceptors (Lipinski definition) is 6. The van der Waals surface area contributed by atoms with Crippen molar-refractivity contribution >= 4 is 17.9 Å². The van der Waals surface area contributed by atoms with Gasteiger partial charge in [-0.05, 0) is 12.5 Å². The first kappa shape index (κ1) is 17.3. The minimum absolute atomic E-state index is 0.0464. The lowest BCUT2D eigenvalue weighted by Gasteiger charge is -2.24. The van der Waals surface area contributed by atoms with Crippen LogP contribution in [-0.2, 0) is 11.8 Å². The molecule has 0 spiro atoms. The van der Waals surface area contributed by atoms with Crippen molar-refractivity contribution in [3.05, 3.63) is 53.5 Å². The molecule has 0 saturated carbocycles. The molecule has 0 atom stereocenters. The summed E-state index contributed by atoms with van der Waals surface area (Å²) in [5.74, 6) is -0.277. The maximum atomic E-state index is 11.8. The van der Waals surface area contributed by atoms with Gasteiger partial charge in [0, 0.05) is 19.3 Å². The summed E-state index contributed by atoms with van der Waals surface area (Å²) in [6.07, 6.45) is 8.21. The Hall–Kier alpha value is -3.09. The van der Waals surface area contributed by atoms with Crippen molar-refractivity contribution < 1.29 is 14.7 Å². The van der Waals surface area contributed by atoms with Gasteiger partial charge < -0.3 is 15.7 Å². The van der Waals surface area contributed by atoms with Crippen LogP contribution in [0.15, 0.2) is 47.9 Å². The number of nitrogens with one attached hydrogen (secondary N) is 2. The zero-order valence-electron chi connectivity index (χ0n) is 13.7. The highest BCUT2D eigenvalue weighted by atomic mass is 16.3. The van der Waals surface area contributed by atoms with E-state index >= 15 is 0 Å². The van der Waals surface area contributed by atoms with Crippen molar-refractivity contribution in [2.75, 3.05) is 11.9 Å². The number of anilines is 1. The van der Waals surface area contributed by atoms with Crippen LogP contribution in [0.25, 0.3) is 0 Å². The standard InChI is InChI=1S/C17H20N4O3/c1-4-6-7-11(5-2)9-18-12-8-14(23)15(12)19-17-16(24)13(10-22)21(3)20-17/h4-7,10,18,24H,1,8-9H2,2-3H3,(H,19,20)/b7-6-,11-5+. The molecule has 1 aliphatic carbocycles. The van der Waals surface area contributed by atoms with Gasteiger partial charge >= 0.3 is 0 Å². The summed E-state index contributed by atoms with van der Waals surface area (Å²) in [5, 5.41) is 19.9. The summed E-state index contributed by atoms with van der Waals surface area (Å²) in [5.41, 5.74) is 2.18. The van der Waals surface area contributed by atoms with Crippen LogP contribution in [0.5, 0.6) is 5.75 Å². The fourth-order valence-electron chi connectivity index (χ4n) is 2.21. The average molecular weight is 328 g/mol. The van der Waals surface area contributed by atoms with Crippen LogP contribution < -0.4 is 10.6 Å². The van der Waals surface area contributed by atoms with Crippen molar-refractivity contribution in [1.29, 1.82) is 0 Å². The van der Waals surface area contributed by atoms with Gasteiger partial charge in [-0.25, -0.2) is 0 Å². The summed E-state index contributed by atoms with van der Waals surface area (Å²) >= 11 is 0. The molecule has 24 heavy (non-hydrogen) atoms. The third-order valence-corrected chi connectivity index (χ3v) is 3.66. The lowest BCUT2D eigenvalue weighted by atomic mass is 9.98. The number of carbonyl (C=O) groups is 2. The number of allylic oxidation sites excluding steroid dienone is 5. The second kappa shape index (κ2) is 7.45. The molecular formula is C17H20N4O3. The molecule has 1 aliphatic rings. The number of Topliss-reactive ketones (excluding diaryl/α,β-unsaturated/α-hetero) is 1. The first-order valence-corrected chi connectivity index (χ1v) is 7.44. The number of aromatic nitrogens is 2. The van der Waals surface area contributed by atoms with E-state index in [-0.39, 0.29) is 23.0 Å². The highest BCUT2D eigenvalue weighted by Crippen LogP contribution is 2.30. The highest BCUT2D eigenvalue weighted by Gasteiger charge is 2.29. The summed E-state index contributed by atoms with van der Waals surface area (Å²) < 4.78 is 1.25. The maximum Gasteiger partial charge on any atom is 0.195 e. The molecule has 0 saturated heterocycles. The predicted octanol–water partition coefficient (Wildman–Crippen LogP) is 1.81. The normalized spacial score (nSPS) is 14.8. The molecule has 1 aromatic rings. The van der Waals surface area contributed by atoms with Crippen LogP contribution in [0.4, 0.5) is 5.82 Å². The molecular weight excluding hydrogens is 308 g/mol. The van der Waals surface area contributed by atoms with E-state index in [2.05, 4.69) is 22.3 Å². The first-order valence-electron chi connectivity index (χ1n) is 7.44. The zero-order valence-corrected chi connectivity index (χ0v) is 13.7. The Bertz CT molecular complexity index is 769. The van der Waals surface area contributed by atoms with Gasteiger partial charge in [0.05, 0.1) is 6.42 Å². The first-order chi connectivity index (χ1) is 11.5. The molecule has 1 heterocycles. The van der Waals surface area contributed by atoms with E-state index in [0.717, 1.165) is 11.3 Å². The van der Waals surface area contributed by atoms with Gasteiger partial charge in [-0.3, -0.25) is 14.3 Å². The van der Waals surface area contributed by atoms with Crippen molar-refractivity contribution in [2.45, 2.75) is 13.3 Å². The SMILES string of the molecule is C=C/C=C\C(=C/C)CNC1=C(Nc2nn(C)c(C=O)c2O)C(=O)C1. The predicted molar refractivity (Wildman–Crippen MR) is 91.6 cm³/mol. The Morgan fingerprint density at radius 3 is 2.79 bits per heavy atom. The van der Waals surface area contributed by atoms with Crippen molar-refractivity contribution in [1.82, 2.24) is 15.1 Å². The van der Waals surface area contributed by atoms with Crippen LogP contribution >= 0.6 is 0 Å². The van der Waals surface area contributed by atoms with Crippen LogP contribution in [0, 0.1) is 0 Å². The van der Waals surface area contributed by atoms with Gasteiger partial charge in [0.2, 0.25) is 0 Å². The lowest BCUT2D eigenvalue weighted by molar-refractivity contribution is -0.116. The minimum atomic E-state index is -0.276. The van der Waals surface area contributed by atoms with Gasteiger partial charge in [0.15, 0.2) is 23.6 Å². The Labute approximate surface area is 140 Å². The molecule has 0 fully saturated rings. The number of aldehydes is 1. The molecule has 3 N–H and O–H groups in total. The largest absolute Gasteiger partial charge is 0.503 e. The van der Waals surface area contributed by atoms with Crippen molar-refractivity contribution in [3.63, 3.8) is 0 Å². The Balaban J connectivity index is 2.12. The molecule has 0 radical (unpaired) electrons. The van der Waals surface area contributed by atoms with E-state index in [1.165, 1.54) is 11.7 Å². The monoisotopic (exact) mass is 328 g/mol. The number of carbonyl (C=O) groups excluding carboxylic acids is 2. The molecule has 1 aromatic heterocycles. The van der Waals surface area contributed by atoms with Crippen LogP contribution in [-0.4, -0.2) is 33.5 Å². The molecule has 7 heteroatoms. The smallest absolute Gasteiger partial charge is 0.195 e. The number of nitrogens with zero attached hydrogens (tertiary/aromatic N) is 2. The van der Waals surface area contributed by atoms with Crippen LogP contribution in [0.3, 0.4) is 0 Å². The zero-order chi connectivity index (χ0) is 17.7. The molecule has 2 rings (SSSR count). The second-order valence-electron chi connectivity index (χ2n) is 5.21. The molecule has 0 unspecified atom stereocenters. The number of rotatable bonds is 8. The number of hydrogen-bond donors (Lipinski definition) is 3. The van der Waals surface area contributed by atoms with Gasteiger partial charge in [-0.1, -0.05) is 30.9 Å². The van der Waals surface area contributed by atoms with Crippen molar-refractivity contribution in [3.8, 4) is 5.75 Å². The number of ketones is 1. The quantitative estimate of drug-likeness (QED) is 0.497. The van der Waals surface area contributed by atoms with E-state index in [1.807, 2.05) is 25.2 Å². The second-order valence-corrected chi connectivity index (χ2v) is 5.21. The molecule has 0 aliphatic heterocycles.